The summed E-state index contributed by atoms with van der Waals surface area (Å²) in [5, 5.41) is 21.2. The zero-order valence-corrected chi connectivity index (χ0v) is 9.79. The van der Waals surface area contributed by atoms with Crippen LogP contribution in [0.1, 0.15) is 26.7 Å². The van der Waals surface area contributed by atoms with Crippen LogP contribution in [0.4, 0.5) is 4.79 Å². The van der Waals surface area contributed by atoms with Crippen LogP contribution in [0.5, 0.6) is 0 Å². The van der Waals surface area contributed by atoms with Gasteiger partial charge < -0.3 is 20.4 Å². The molecule has 0 fully saturated rings. The Morgan fingerprint density at radius 3 is 2.13 bits per heavy atom. The topological polar surface area (TPSA) is 72.8 Å². The number of hydrogen-bond donors (Lipinski definition) is 3. The largest absolute Gasteiger partial charge is 0.394 e. The Labute approximate surface area is 91.1 Å². The van der Waals surface area contributed by atoms with E-state index in [1.54, 1.807) is 7.05 Å². The van der Waals surface area contributed by atoms with E-state index in [1.165, 1.54) is 4.90 Å². The molecule has 0 aliphatic rings. The van der Waals surface area contributed by atoms with Crippen molar-refractivity contribution in [3.63, 3.8) is 0 Å². The lowest BCUT2D eigenvalue weighted by Crippen LogP contribution is -2.59. The van der Waals surface area contributed by atoms with Gasteiger partial charge in [0.05, 0.1) is 18.8 Å². The minimum absolute atomic E-state index is 0.229. The smallest absolute Gasteiger partial charge is 0.317 e. The first-order chi connectivity index (χ1) is 7.11. The molecular formula is C10H22N2O3. The minimum Gasteiger partial charge on any atom is -0.394 e. The van der Waals surface area contributed by atoms with Crippen LogP contribution in [0.2, 0.25) is 0 Å². The Hall–Kier alpha value is -0.810. The van der Waals surface area contributed by atoms with Gasteiger partial charge in [-0.05, 0) is 12.8 Å². The molecule has 5 heteroatoms. The number of aliphatic hydroxyl groups is 2. The second kappa shape index (κ2) is 6.63. The fraction of sp³-hybridized carbons (Fsp3) is 0.900. The summed E-state index contributed by atoms with van der Waals surface area (Å²) in [6.07, 6.45) is 1.31. The maximum absolute atomic E-state index is 11.6. The molecule has 0 aliphatic carbocycles. The van der Waals surface area contributed by atoms with Gasteiger partial charge in [-0.15, -0.1) is 0 Å². The zero-order chi connectivity index (χ0) is 11.9. The summed E-state index contributed by atoms with van der Waals surface area (Å²) >= 11 is 0. The number of urea groups is 1. The lowest BCUT2D eigenvalue weighted by Gasteiger charge is -2.40. The number of nitrogens with one attached hydrogen (secondary N) is 1. The van der Waals surface area contributed by atoms with E-state index >= 15 is 0 Å². The van der Waals surface area contributed by atoms with Crippen LogP contribution in [0.25, 0.3) is 0 Å². The first kappa shape index (κ1) is 14.2. The van der Waals surface area contributed by atoms with Gasteiger partial charge in [-0.25, -0.2) is 4.79 Å². The van der Waals surface area contributed by atoms with Crippen molar-refractivity contribution in [2.24, 2.45) is 0 Å². The first-order valence-corrected chi connectivity index (χ1v) is 5.32. The molecule has 0 saturated heterocycles. The van der Waals surface area contributed by atoms with E-state index < -0.39 is 5.54 Å². The molecule has 2 amide bonds. The van der Waals surface area contributed by atoms with Gasteiger partial charge in [-0.2, -0.15) is 0 Å². The maximum Gasteiger partial charge on any atom is 0.317 e. The lowest BCUT2D eigenvalue weighted by atomic mass is 9.96. The molecule has 0 saturated carbocycles. The Morgan fingerprint density at radius 1 is 1.33 bits per heavy atom. The average Bonchev–Trinajstić information content (AvgIpc) is 2.29. The summed E-state index contributed by atoms with van der Waals surface area (Å²) in [5.41, 5.74) is -0.851. The fourth-order valence-electron chi connectivity index (χ4n) is 1.55. The van der Waals surface area contributed by atoms with Crippen molar-refractivity contribution in [2.45, 2.75) is 32.2 Å². The van der Waals surface area contributed by atoms with E-state index in [-0.39, 0.29) is 19.2 Å². The molecule has 15 heavy (non-hydrogen) atoms. The summed E-state index contributed by atoms with van der Waals surface area (Å²) in [6, 6.07) is -0.262. The van der Waals surface area contributed by atoms with Crippen molar-refractivity contribution < 1.29 is 15.0 Å². The van der Waals surface area contributed by atoms with Crippen molar-refractivity contribution in [3.8, 4) is 0 Å². The Bertz CT molecular complexity index is 185. The summed E-state index contributed by atoms with van der Waals surface area (Å²) in [6.45, 7) is 3.86. The van der Waals surface area contributed by atoms with E-state index in [2.05, 4.69) is 5.32 Å². The van der Waals surface area contributed by atoms with E-state index in [4.69, 9.17) is 0 Å². The third kappa shape index (κ3) is 3.07. The molecule has 0 aliphatic heterocycles. The van der Waals surface area contributed by atoms with Crippen LogP contribution in [0.15, 0.2) is 0 Å². The molecule has 0 aromatic rings. The number of rotatable bonds is 6. The van der Waals surface area contributed by atoms with E-state index in [0.29, 0.717) is 13.0 Å². The number of carbonyl (C=O) groups is 1. The van der Waals surface area contributed by atoms with Gasteiger partial charge in [0.2, 0.25) is 0 Å². The Kier molecular flexibility index (Phi) is 6.27. The van der Waals surface area contributed by atoms with Crippen LogP contribution in [-0.4, -0.2) is 53.5 Å². The van der Waals surface area contributed by atoms with Crippen molar-refractivity contribution in [1.29, 1.82) is 0 Å². The molecule has 0 heterocycles. The van der Waals surface area contributed by atoms with Gasteiger partial charge in [-0.1, -0.05) is 13.8 Å². The highest BCUT2D eigenvalue weighted by Crippen LogP contribution is 2.19. The molecule has 3 N–H and O–H groups in total. The SMILES string of the molecule is CCCN(C(=O)NC)C(CC)(CO)CO. The third-order valence-corrected chi connectivity index (χ3v) is 2.73. The van der Waals surface area contributed by atoms with Gasteiger partial charge in [0.25, 0.3) is 0 Å². The highest BCUT2D eigenvalue weighted by molar-refractivity contribution is 5.74. The molecule has 0 aromatic carbocycles. The van der Waals surface area contributed by atoms with E-state index in [0.717, 1.165) is 6.42 Å². The zero-order valence-electron chi connectivity index (χ0n) is 9.79. The second-order valence-corrected chi connectivity index (χ2v) is 3.60. The van der Waals surface area contributed by atoms with Crippen molar-refractivity contribution >= 4 is 6.03 Å². The van der Waals surface area contributed by atoms with E-state index in [9.17, 15) is 15.0 Å². The predicted octanol–water partition coefficient (Wildman–Crippen LogP) is 0.171. The highest BCUT2D eigenvalue weighted by Gasteiger charge is 2.36. The standard InChI is InChI=1S/C10H22N2O3/c1-4-6-12(9(15)11-3)10(5-2,7-13)8-14/h13-14H,4-8H2,1-3H3,(H,11,15). The minimum atomic E-state index is -0.851. The van der Waals surface area contributed by atoms with Gasteiger partial charge in [-0.3, -0.25) is 0 Å². The van der Waals surface area contributed by atoms with Crippen molar-refractivity contribution in [2.75, 3.05) is 26.8 Å². The highest BCUT2D eigenvalue weighted by atomic mass is 16.3. The molecular weight excluding hydrogens is 196 g/mol. The second-order valence-electron chi connectivity index (χ2n) is 3.60. The Balaban J connectivity index is 4.90. The maximum atomic E-state index is 11.6. The molecule has 0 rings (SSSR count). The van der Waals surface area contributed by atoms with Crippen LogP contribution in [0.3, 0.4) is 0 Å². The number of carbonyl (C=O) groups excluding carboxylic acids is 1. The van der Waals surface area contributed by atoms with Crippen LogP contribution in [-0.2, 0) is 0 Å². The summed E-state index contributed by atoms with van der Waals surface area (Å²) in [4.78, 5) is 13.1. The van der Waals surface area contributed by atoms with E-state index in [1.807, 2.05) is 13.8 Å². The predicted molar refractivity (Wildman–Crippen MR) is 58.6 cm³/mol. The molecule has 90 valence electrons. The molecule has 0 unspecified atom stereocenters. The van der Waals surface area contributed by atoms with Crippen LogP contribution < -0.4 is 5.32 Å². The summed E-state index contributed by atoms with van der Waals surface area (Å²) < 4.78 is 0. The molecule has 0 aromatic heterocycles. The average molecular weight is 218 g/mol. The summed E-state index contributed by atoms with van der Waals surface area (Å²) in [7, 11) is 1.54. The quantitative estimate of drug-likeness (QED) is 0.595. The summed E-state index contributed by atoms with van der Waals surface area (Å²) in [5.74, 6) is 0. The van der Waals surface area contributed by atoms with Crippen molar-refractivity contribution in [1.82, 2.24) is 10.2 Å². The molecule has 0 radical (unpaired) electrons. The molecule has 0 bridgehead atoms. The normalized spacial score (nSPS) is 11.3. The number of amides is 2. The van der Waals surface area contributed by atoms with Crippen LogP contribution >= 0.6 is 0 Å². The molecule has 0 atom stereocenters. The monoisotopic (exact) mass is 218 g/mol. The van der Waals surface area contributed by atoms with Crippen molar-refractivity contribution in [3.05, 3.63) is 0 Å². The van der Waals surface area contributed by atoms with Gasteiger partial charge >= 0.3 is 6.03 Å². The third-order valence-electron chi connectivity index (χ3n) is 2.73. The van der Waals surface area contributed by atoms with Crippen LogP contribution in [0, 0.1) is 0 Å². The number of hydrogen-bond acceptors (Lipinski definition) is 3. The van der Waals surface area contributed by atoms with Gasteiger partial charge in [0, 0.05) is 13.6 Å². The molecule has 5 nitrogen and oxygen atoms in total. The number of nitrogens with zero attached hydrogens (tertiary/aromatic N) is 1. The first-order valence-electron chi connectivity index (χ1n) is 5.32. The van der Waals surface area contributed by atoms with Gasteiger partial charge in [0.1, 0.15) is 0 Å². The number of aliphatic hydroxyl groups excluding tert-OH is 2. The lowest BCUT2D eigenvalue weighted by molar-refractivity contribution is 0.00795. The Morgan fingerprint density at radius 2 is 1.87 bits per heavy atom. The molecule has 0 spiro atoms. The van der Waals surface area contributed by atoms with Gasteiger partial charge in [0.15, 0.2) is 0 Å². The fourth-order valence-corrected chi connectivity index (χ4v) is 1.55.